The van der Waals surface area contributed by atoms with Crippen LogP contribution >= 0.6 is 11.8 Å². The third kappa shape index (κ3) is 7.94. The first-order valence-corrected chi connectivity index (χ1v) is 11.3. The van der Waals surface area contributed by atoms with Crippen molar-refractivity contribution in [3.63, 3.8) is 0 Å². The van der Waals surface area contributed by atoms with E-state index in [0.29, 0.717) is 25.3 Å². The molecule has 2 aromatic carbocycles. The molecule has 0 aromatic heterocycles. The molecule has 2 aromatic rings. The lowest BCUT2D eigenvalue weighted by Crippen LogP contribution is -2.47. The Morgan fingerprint density at radius 1 is 1.07 bits per heavy atom. The van der Waals surface area contributed by atoms with Gasteiger partial charge in [-0.1, -0.05) is 61.4 Å². The molecule has 0 saturated carbocycles. The van der Waals surface area contributed by atoms with E-state index >= 15 is 0 Å². The zero-order valence-electron chi connectivity index (χ0n) is 17.7. The SMILES string of the molecule is CCCCNC(=O)C(C)N(Cc1ccc(C)cc1)C(=O)CCSc1ccccc1. The molecular formula is C24H32N2O2S. The molecule has 1 atom stereocenters. The van der Waals surface area contributed by atoms with Gasteiger partial charge in [0, 0.05) is 30.2 Å². The molecule has 4 nitrogen and oxygen atoms in total. The molecule has 5 heteroatoms. The second kappa shape index (κ2) is 12.3. The molecule has 0 saturated heterocycles. The Kier molecular flexibility index (Phi) is 9.78. The Morgan fingerprint density at radius 2 is 1.76 bits per heavy atom. The third-order valence-electron chi connectivity index (χ3n) is 4.80. The highest BCUT2D eigenvalue weighted by molar-refractivity contribution is 7.99. The number of rotatable bonds is 11. The van der Waals surface area contributed by atoms with E-state index in [4.69, 9.17) is 0 Å². The lowest BCUT2D eigenvalue weighted by atomic mass is 10.1. The van der Waals surface area contributed by atoms with Crippen molar-refractivity contribution < 1.29 is 9.59 Å². The smallest absolute Gasteiger partial charge is 0.242 e. The Bertz CT molecular complexity index is 762. The van der Waals surface area contributed by atoms with E-state index < -0.39 is 6.04 Å². The normalized spacial score (nSPS) is 11.7. The van der Waals surface area contributed by atoms with Crippen LogP contribution in [0.5, 0.6) is 0 Å². The molecule has 0 heterocycles. The summed E-state index contributed by atoms with van der Waals surface area (Å²) in [7, 11) is 0. The number of benzene rings is 2. The van der Waals surface area contributed by atoms with Crippen molar-refractivity contribution in [2.24, 2.45) is 0 Å². The summed E-state index contributed by atoms with van der Waals surface area (Å²) in [6.07, 6.45) is 2.37. The fraction of sp³-hybridized carbons (Fsp3) is 0.417. The summed E-state index contributed by atoms with van der Waals surface area (Å²) in [4.78, 5) is 28.5. The molecule has 0 radical (unpaired) electrons. The summed E-state index contributed by atoms with van der Waals surface area (Å²) >= 11 is 1.66. The van der Waals surface area contributed by atoms with E-state index in [9.17, 15) is 9.59 Å². The highest BCUT2D eigenvalue weighted by Crippen LogP contribution is 2.19. The van der Waals surface area contributed by atoms with Crippen LogP contribution in [-0.4, -0.2) is 35.1 Å². The van der Waals surface area contributed by atoms with Crippen LogP contribution in [0.4, 0.5) is 0 Å². The molecule has 1 N–H and O–H groups in total. The quantitative estimate of drug-likeness (QED) is 0.426. The summed E-state index contributed by atoms with van der Waals surface area (Å²) in [5, 5.41) is 2.96. The highest BCUT2D eigenvalue weighted by Gasteiger charge is 2.25. The van der Waals surface area contributed by atoms with Gasteiger partial charge in [0.05, 0.1) is 0 Å². The molecule has 2 amide bonds. The standard InChI is InChI=1S/C24H32N2O2S/c1-4-5-16-25-24(28)20(3)26(18-21-13-11-19(2)12-14-21)23(27)15-17-29-22-9-7-6-8-10-22/h6-14,20H,4-5,15-18H2,1-3H3,(H,25,28). The largest absolute Gasteiger partial charge is 0.354 e. The molecule has 2 rings (SSSR count). The van der Waals surface area contributed by atoms with Crippen LogP contribution in [0.2, 0.25) is 0 Å². The van der Waals surface area contributed by atoms with E-state index in [1.807, 2.05) is 68.4 Å². The maximum atomic E-state index is 13.0. The topological polar surface area (TPSA) is 49.4 Å². The summed E-state index contributed by atoms with van der Waals surface area (Å²) in [6, 6.07) is 17.7. The molecule has 1 unspecified atom stereocenters. The first-order valence-electron chi connectivity index (χ1n) is 10.3. The first kappa shape index (κ1) is 23.0. The monoisotopic (exact) mass is 412 g/mol. The van der Waals surface area contributed by atoms with Crippen LogP contribution in [0.15, 0.2) is 59.5 Å². The molecule has 0 aliphatic heterocycles. The van der Waals surface area contributed by atoms with Crippen LogP contribution < -0.4 is 5.32 Å². The molecule has 0 bridgehead atoms. The van der Waals surface area contributed by atoms with Crippen molar-refractivity contribution in [2.75, 3.05) is 12.3 Å². The van der Waals surface area contributed by atoms with Gasteiger partial charge in [0.15, 0.2) is 0 Å². The fourth-order valence-corrected chi connectivity index (χ4v) is 3.79. The molecule has 29 heavy (non-hydrogen) atoms. The van der Waals surface area contributed by atoms with Crippen molar-refractivity contribution in [3.8, 4) is 0 Å². The maximum Gasteiger partial charge on any atom is 0.242 e. The average molecular weight is 413 g/mol. The number of amides is 2. The van der Waals surface area contributed by atoms with Crippen molar-refractivity contribution in [1.82, 2.24) is 10.2 Å². The predicted molar refractivity (Wildman–Crippen MR) is 121 cm³/mol. The van der Waals surface area contributed by atoms with Crippen LogP contribution in [-0.2, 0) is 16.1 Å². The molecule has 0 aliphatic carbocycles. The first-order chi connectivity index (χ1) is 14.0. The minimum absolute atomic E-state index is 0.00662. The number of aryl methyl sites for hydroxylation is 1. The van der Waals surface area contributed by atoms with Crippen LogP contribution in [0.25, 0.3) is 0 Å². The van der Waals surface area contributed by atoms with Gasteiger partial charge in [-0.05, 0) is 38.0 Å². The number of nitrogens with one attached hydrogen (secondary N) is 1. The number of carbonyl (C=O) groups is 2. The Hall–Kier alpha value is -2.27. The minimum atomic E-state index is -0.498. The van der Waals surface area contributed by atoms with E-state index in [0.717, 1.165) is 23.3 Å². The van der Waals surface area contributed by atoms with E-state index in [1.165, 1.54) is 5.56 Å². The van der Waals surface area contributed by atoms with E-state index in [2.05, 4.69) is 12.2 Å². The van der Waals surface area contributed by atoms with Crippen molar-refractivity contribution in [1.29, 1.82) is 0 Å². The second-order valence-electron chi connectivity index (χ2n) is 7.24. The summed E-state index contributed by atoms with van der Waals surface area (Å²) in [5.41, 5.74) is 2.21. The second-order valence-corrected chi connectivity index (χ2v) is 8.41. The number of unbranched alkanes of at least 4 members (excludes halogenated alkanes) is 1. The van der Waals surface area contributed by atoms with Crippen LogP contribution in [0.1, 0.15) is 44.2 Å². The van der Waals surface area contributed by atoms with Gasteiger partial charge in [-0.15, -0.1) is 11.8 Å². The zero-order chi connectivity index (χ0) is 21.1. The third-order valence-corrected chi connectivity index (χ3v) is 5.81. The maximum absolute atomic E-state index is 13.0. The average Bonchev–Trinajstić information content (AvgIpc) is 2.73. The van der Waals surface area contributed by atoms with Crippen molar-refractivity contribution in [2.45, 2.75) is 57.5 Å². The highest BCUT2D eigenvalue weighted by atomic mass is 32.2. The van der Waals surface area contributed by atoms with Gasteiger partial charge in [-0.2, -0.15) is 0 Å². The Balaban J connectivity index is 2.02. The van der Waals surface area contributed by atoms with Crippen LogP contribution in [0.3, 0.4) is 0 Å². The summed E-state index contributed by atoms with van der Waals surface area (Å²) < 4.78 is 0. The lowest BCUT2D eigenvalue weighted by Gasteiger charge is -2.29. The lowest BCUT2D eigenvalue weighted by molar-refractivity contribution is -0.140. The Morgan fingerprint density at radius 3 is 2.41 bits per heavy atom. The van der Waals surface area contributed by atoms with E-state index in [-0.39, 0.29) is 11.8 Å². The molecule has 0 aliphatic rings. The zero-order valence-corrected chi connectivity index (χ0v) is 18.5. The molecule has 156 valence electrons. The van der Waals surface area contributed by atoms with Gasteiger partial charge in [0.2, 0.25) is 11.8 Å². The molecular weight excluding hydrogens is 380 g/mol. The number of thioether (sulfide) groups is 1. The van der Waals surface area contributed by atoms with Crippen LogP contribution in [0, 0.1) is 6.92 Å². The van der Waals surface area contributed by atoms with Gasteiger partial charge >= 0.3 is 0 Å². The summed E-state index contributed by atoms with van der Waals surface area (Å²) in [5.74, 6) is 0.610. The molecule has 0 spiro atoms. The fourth-order valence-electron chi connectivity index (χ4n) is 2.93. The Labute approximate surface area is 179 Å². The number of hydrogen-bond donors (Lipinski definition) is 1. The van der Waals surface area contributed by atoms with Gasteiger partial charge in [0.25, 0.3) is 0 Å². The predicted octanol–water partition coefficient (Wildman–Crippen LogP) is 4.81. The van der Waals surface area contributed by atoms with E-state index in [1.54, 1.807) is 16.7 Å². The van der Waals surface area contributed by atoms with Gasteiger partial charge in [-0.25, -0.2) is 0 Å². The number of nitrogens with zero attached hydrogens (tertiary/aromatic N) is 1. The van der Waals surface area contributed by atoms with Gasteiger partial charge in [0.1, 0.15) is 6.04 Å². The van der Waals surface area contributed by atoms with Crippen molar-refractivity contribution >= 4 is 23.6 Å². The van der Waals surface area contributed by atoms with Gasteiger partial charge in [-0.3, -0.25) is 9.59 Å². The number of carbonyl (C=O) groups excluding carboxylic acids is 2. The number of hydrogen-bond acceptors (Lipinski definition) is 3. The van der Waals surface area contributed by atoms with Gasteiger partial charge < -0.3 is 10.2 Å². The summed E-state index contributed by atoms with van der Waals surface area (Å²) in [6.45, 7) is 7.04. The van der Waals surface area contributed by atoms with Crippen molar-refractivity contribution in [3.05, 3.63) is 65.7 Å². The molecule has 0 fully saturated rings. The minimum Gasteiger partial charge on any atom is -0.354 e.